The van der Waals surface area contributed by atoms with E-state index in [1.807, 2.05) is 0 Å². The number of ether oxygens (including phenoxy) is 1. The third kappa shape index (κ3) is 1.16. The van der Waals surface area contributed by atoms with E-state index in [9.17, 15) is 0 Å². The van der Waals surface area contributed by atoms with Gasteiger partial charge in [0.1, 0.15) is 0 Å². The van der Waals surface area contributed by atoms with Crippen LogP contribution in [0.3, 0.4) is 0 Å². The van der Waals surface area contributed by atoms with Gasteiger partial charge in [-0.25, -0.2) is 0 Å². The van der Waals surface area contributed by atoms with Crippen molar-refractivity contribution in [2.45, 2.75) is 65.1 Å². The average molecular weight is 220 g/mol. The molecular formula is C15H24O. The molecule has 90 valence electrons. The Hall–Kier alpha value is -0.300. The average Bonchev–Trinajstić information content (AvgIpc) is 2.21. The molecule has 2 fully saturated rings. The zero-order valence-corrected chi connectivity index (χ0v) is 11.0. The van der Waals surface area contributed by atoms with Crippen LogP contribution in [-0.4, -0.2) is 11.7 Å². The molecule has 0 radical (unpaired) electrons. The fourth-order valence-electron chi connectivity index (χ4n) is 4.49. The van der Waals surface area contributed by atoms with Crippen LogP contribution in [0, 0.1) is 17.3 Å². The third-order valence-corrected chi connectivity index (χ3v) is 5.50. The first-order valence-corrected chi connectivity index (χ1v) is 6.82. The Bertz CT molecular complexity index is 341. The fraction of sp³-hybridized carbons (Fsp3) is 0.867. The van der Waals surface area contributed by atoms with Crippen LogP contribution < -0.4 is 0 Å². The summed E-state index contributed by atoms with van der Waals surface area (Å²) < 4.78 is 6.34. The van der Waals surface area contributed by atoms with Crippen LogP contribution in [0.4, 0.5) is 0 Å². The Balaban J connectivity index is 2.03. The van der Waals surface area contributed by atoms with Crippen molar-refractivity contribution in [3.05, 3.63) is 11.6 Å². The monoisotopic (exact) mass is 220 g/mol. The van der Waals surface area contributed by atoms with Crippen molar-refractivity contribution in [3.8, 4) is 0 Å². The summed E-state index contributed by atoms with van der Waals surface area (Å²) in [5.41, 5.74) is 2.14. The third-order valence-electron chi connectivity index (χ3n) is 5.50. The highest BCUT2D eigenvalue weighted by Crippen LogP contribution is 2.62. The molecule has 0 aromatic rings. The molecule has 1 spiro atoms. The van der Waals surface area contributed by atoms with Crippen LogP contribution in [0.5, 0.6) is 0 Å². The van der Waals surface area contributed by atoms with E-state index < -0.39 is 0 Å². The molecule has 0 amide bonds. The molecule has 0 aromatic heterocycles. The van der Waals surface area contributed by atoms with Crippen LogP contribution in [0.15, 0.2) is 11.6 Å². The van der Waals surface area contributed by atoms with Crippen molar-refractivity contribution in [2.75, 3.05) is 0 Å². The second-order valence-corrected chi connectivity index (χ2v) is 6.91. The zero-order valence-electron chi connectivity index (χ0n) is 11.0. The van der Waals surface area contributed by atoms with Gasteiger partial charge < -0.3 is 4.74 Å². The maximum Gasteiger partial charge on any atom is 0.0851 e. The van der Waals surface area contributed by atoms with Crippen LogP contribution in [0.2, 0.25) is 0 Å². The Morgan fingerprint density at radius 2 is 2.12 bits per heavy atom. The molecule has 4 unspecified atom stereocenters. The van der Waals surface area contributed by atoms with Crippen LogP contribution in [-0.2, 0) is 4.74 Å². The maximum absolute atomic E-state index is 6.34. The van der Waals surface area contributed by atoms with Gasteiger partial charge in [0, 0.05) is 5.92 Å². The lowest BCUT2D eigenvalue weighted by molar-refractivity contribution is -0.300. The molecule has 2 heterocycles. The van der Waals surface area contributed by atoms with Gasteiger partial charge in [0.15, 0.2) is 0 Å². The van der Waals surface area contributed by atoms with Crippen molar-refractivity contribution in [3.63, 3.8) is 0 Å². The maximum atomic E-state index is 6.34. The molecule has 1 saturated carbocycles. The summed E-state index contributed by atoms with van der Waals surface area (Å²) in [6, 6.07) is 0. The molecule has 2 aliphatic carbocycles. The Kier molecular flexibility index (Phi) is 2.12. The molecule has 16 heavy (non-hydrogen) atoms. The normalized spacial score (nSPS) is 49.8. The Morgan fingerprint density at radius 3 is 2.81 bits per heavy atom. The molecule has 1 saturated heterocycles. The zero-order chi connectivity index (χ0) is 11.6. The van der Waals surface area contributed by atoms with E-state index in [-0.39, 0.29) is 5.60 Å². The summed E-state index contributed by atoms with van der Waals surface area (Å²) in [6.45, 7) is 9.57. The van der Waals surface area contributed by atoms with Gasteiger partial charge in [-0.1, -0.05) is 33.3 Å². The summed E-state index contributed by atoms with van der Waals surface area (Å²) >= 11 is 0. The van der Waals surface area contributed by atoms with Gasteiger partial charge in [-0.15, -0.1) is 0 Å². The van der Waals surface area contributed by atoms with Crippen LogP contribution in [0.1, 0.15) is 53.4 Å². The Morgan fingerprint density at radius 1 is 1.38 bits per heavy atom. The van der Waals surface area contributed by atoms with E-state index in [0.29, 0.717) is 11.5 Å². The van der Waals surface area contributed by atoms with Crippen molar-refractivity contribution >= 4 is 0 Å². The molecule has 4 rings (SSSR count). The predicted molar refractivity (Wildman–Crippen MR) is 66.3 cm³/mol. The van der Waals surface area contributed by atoms with Crippen molar-refractivity contribution < 1.29 is 4.74 Å². The highest BCUT2D eigenvalue weighted by atomic mass is 16.5. The molecule has 4 aliphatic rings. The lowest BCUT2D eigenvalue weighted by atomic mass is 9.55. The fourth-order valence-corrected chi connectivity index (χ4v) is 4.49. The molecule has 2 bridgehead atoms. The smallest absolute Gasteiger partial charge is 0.0851 e. The Labute approximate surface area is 99.3 Å². The van der Waals surface area contributed by atoms with Gasteiger partial charge in [0.2, 0.25) is 0 Å². The van der Waals surface area contributed by atoms with Crippen LogP contribution in [0.25, 0.3) is 0 Å². The van der Waals surface area contributed by atoms with E-state index in [2.05, 4.69) is 33.8 Å². The second-order valence-electron chi connectivity index (χ2n) is 6.91. The van der Waals surface area contributed by atoms with E-state index in [4.69, 9.17) is 4.74 Å². The lowest BCUT2D eigenvalue weighted by Crippen LogP contribution is -2.68. The molecule has 0 aromatic carbocycles. The largest absolute Gasteiger partial charge is 0.366 e. The lowest BCUT2D eigenvalue weighted by Gasteiger charge is -2.64. The van der Waals surface area contributed by atoms with Gasteiger partial charge in [0.05, 0.1) is 11.7 Å². The summed E-state index contributed by atoms with van der Waals surface area (Å²) in [5.74, 6) is 1.50. The first-order chi connectivity index (χ1) is 7.47. The predicted octanol–water partition coefficient (Wildman–Crippen LogP) is 3.94. The van der Waals surface area contributed by atoms with Gasteiger partial charge in [0.25, 0.3) is 0 Å². The summed E-state index contributed by atoms with van der Waals surface area (Å²) in [5, 5.41) is 0. The minimum absolute atomic E-state index is 0.199. The molecule has 1 nitrogen and oxygen atoms in total. The van der Waals surface area contributed by atoms with Gasteiger partial charge in [-0.3, -0.25) is 0 Å². The first-order valence-electron chi connectivity index (χ1n) is 6.82. The second kappa shape index (κ2) is 3.13. The summed E-state index contributed by atoms with van der Waals surface area (Å²) in [6.07, 6.45) is 8.12. The molecule has 1 heteroatoms. The SMILES string of the molecule is CC1=CCC23OC1C2C(C)(C)CCCC3C. The first kappa shape index (κ1) is 10.8. The number of hydrogen-bond acceptors (Lipinski definition) is 1. The molecular weight excluding hydrogens is 196 g/mol. The van der Waals surface area contributed by atoms with Crippen molar-refractivity contribution in [1.82, 2.24) is 0 Å². The number of hydrogen-bond donors (Lipinski definition) is 0. The van der Waals surface area contributed by atoms with Gasteiger partial charge >= 0.3 is 0 Å². The van der Waals surface area contributed by atoms with E-state index in [1.165, 1.54) is 24.8 Å². The minimum atomic E-state index is 0.199. The van der Waals surface area contributed by atoms with Gasteiger partial charge in [-0.05, 0) is 43.1 Å². The van der Waals surface area contributed by atoms with Crippen LogP contribution >= 0.6 is 0 Å². The minimum Gasteiger partial charge on any atom is -0.366 e. The number of fused-ring (bicyclic) bond motifs is 1. The summed E-state index contributed by atoms with van der Waals surface area (Å²) in [7, 11) is 0. The van der Waals surface area contributed by atoms with Gasteiger partial charge in [-0.2, -0.15) is 0 Å². The van der Waals surface area contributed by atoms with E-state index >= 15 is 0 Å². The highest BCUT2D eigenvalue weighted by molar-refractivity contribution is 5.28. The van der Waals surface area contributed by atoms with Crippen molar-refractivity contribution in [1.29, 1.82) is 0 Å². The molecule has 4 atom stereocenters. The highest BCUT2D eigenvalue weighted by Gasteiger charge is 2.65. The van der Waals surface area contributed by atoms with E-state index in [1.54, 1.807) is 0 Å². The molecule has 2 aliphatic heterocycles. The number of rotatable bonds is 0. The quantitative estimate of drug-likeness (QED) is 0.562. The molecule has 0 N–H and O–H groups in total. The van der Waals surface area contributed by atoms with E-state index in [0.717, 1.165) is 18.3 Å². The van der Waals surface area contributed by atoms with Crippen molar-refractivity contribution in [2.24, 2.45) is 17.3 Å². The topological polar surface area (TPSA) is 9.23 Å². The summed E-state index contributed by atoms with van der Waals surface area (Å²) in [4.78, 5) is 0. The standard InChI is InChI=1S/C15H24O/c1-10-7-9-15-11(2)6-5-8-14(3,4)13(15)12(10)16-15/h7,11-13H,5-6,8-9H2,1-4H3.